The van der Waals surface area contributed by atoms with Gasteiger partial charge in [0.2, 0.25) is 0 Å². The summed E-state index contributed by atoms with van der Waals surface area (Å²) in [5.74, 6) is -1.32. The third-order valence-corrected chi connectivity index (χ3v) is 3.29. The number of hydrogen-bond donors (Lipinski definition) is 3. The zero-order chi connectivity index (χ0) is 15.4. The maximum Gasteiger partial charge on any atom is 0.325 e. The topological polar surface area (TPSA) is 123 Å². The van der Waals surface area contributed by atoms with Crippen molar-refractivity contribution in [2.75, 3.05) is 5.73 Å². The summed E-state index contributed by atoms with van der Waals surface area (Å²) in [5, 5.41) is 18.7. The van der Waals surface area contributed by atoms with Gasteiger partial charge in [-0.15, -0.1) is 5.10 Å². The predicted molar refractivity (Wildman–Crippen MR) is 77.4 cm³/mol. The smallest absolute Gasteiger partial charge is 0.325 e. The molecule has 0 saturated carbocycles. The minimum atomic E-state index is -1.01. The molecule has 2 rings (SSSR count). The van der Waals surface area contributed by atoms with E-state index in [0.717, 1.165) is 4.47 Å². The van der Waals surface area contributed by atoms with Crippen molar-refractivity contribution < 1.29 is 14.7 Å². The lowest BCUT2D eigenvalue weighted by atomic mass is 10.2. The van der Waals surface area contributed by atoms with Crippen LogP contribution in [-0.4, -0.2) is 32.0 Å². The zero-order valence-corrected chi connectivity index (χ0v) is 12.4. The van der Waals surface area contributed by atoms with Crippen LogP contribution in [0.5, 0.6) is 0 Å². The maximum atomic E-state index is 11.9. The van der Waals surface area contributed by atoms with Gasteiger partial charge < -0.3 is 16.2 Å². The van der Waals surface area contributed by atoms with E-state index < -0.39 is 5.97 Å². The number of amides is 1. The van der Waals surface area contributed by atoms with Crippen molar-refractivity contribution in [1.82, 2.24) is 20.3 Å². The van der Waals surface area contributed by atoms with Gasteiger partial charge in [0.05, 0.1) is 12.7 Å². The molecule has 0 aliphatic carbocycles. The highest BCUT2D eigenvalue weighted by Crippen LogP contribution is 2.20. The number of carbonyl (C=O) groups excluding carboxylic acids is 1. The Morgan fingerprint density at radius 1 is 1.43 bits per heavy atom. The molecule has 1 heterocycles. The number of nitrogen functional groups attached to an aromatic ring is 1. The fraction of sp³-hybridized carbons (Fsp3) is 0.167. The Morgan fingerprint density at radius 2 is 2.19 bits per heavy atom. The first-order chi connectivity index (χ1) is 9.95. The van der Waals surface area contributed by atoms with Crippen LogP contribution < -0.4 is 11.1 Å². The Morgan fingerprint density at radius 3 is 2.86 bits per heavy atom. The molecule has 0 radical (unpaired) electrons. The monoisotopic (exact) mass is 353 g/mol. The van der Waals surface area contributed by atoms with Gasteiger partial charge in [-0.05, 0) is 34.1 Å². The number of nitrogens with two attached hydrogens (primary N) is 1. The molecule has 0 unspecified atom stereocenters. The SMILES string of the molecule is Nc1cc(C(=O)NCc2cn(CC(=O)O)nn2)ccc1Br. The van der Waals surface area contributed by atoms with Crippen molar-refractivity contribution in [3.05, 3.63) is 40.1 Å². The van der Waals surface area contributed by atoms with Crippen LogP contribution in [0.4, 0.5) is 5.69 Å². The number of carboxylic acid groups (broad SMARTS) is 1. The number of halogens is 1. The maximum absolute atomic E-state index is 11.9. The van der Waals surface area contributed by atoms with E-state index in [0.29, 0.717) is 16.9 Å². The molecular formula is C12H12BrN5O3. The second-order valence-electron chi connectivity index (χ2n) is 4.22. The van der Waals surface area contributed by atoms with Crippen LogP contribution in [-0.2, 0) is 17.9 Å². The number of rotatable bonds is 5. The first kappa shape index (κ1) is 15.0. The summed E-state index contributed by atoms with van der Waals surface area (Å²) >= 11 is 3.25. The van der Waals surface area contributed by atoms with Gasteiger partial charge in [0.25, 0.3) is 5.91 Å². The zero-order valence-electron chi connectivity index (χ0n) is 10.8. The van der Waals surface area contributed by atoms with Crippen molar-refractivity contribution in [3.8, 4) is 0 Å². The van der Waals surface area contributed by atoms with E-state index in [9.17, 15) is 9.59 Å². The van der Waals surface area contributed by atoms with Gasteiger partial charge in [-0.2, -0.15) is 0 Å². The Kier molecular flexibility index (Phi) is 4.53. The summed E-state index contributed by atoms with van der Waals surface area (Å²) in [6, 6.07) is 4.88. The molecule has 0 aliphatic heterocycles. The summed E-state index contributed by atoms with van der Waals surface area (Å²) in [4.78, 5) is 22.4. The van der Waals surface area contributed by atoms with E-state index in [1.54, 1.807) is 18.2 Å². The molecule has 1 amide bonds. The molecule has 4 N–H and O–H groups in total. The Bertz CT molecular complexity index is 685. The quantitative estimate of drug-likeness (QED) is 0.677. The molecular weight excluding hydrogens is 342 g/mol. The second kappa shape index (κ2) is 6.35. The normalized spacial score (nSPS) is 10.3. The minimum absolute atomic E-state index is 0.147. The number of aliphatic carboxylic acids is 1. The second-order valence-corrected chi connectivity index (χ2v) is 5.07. The van der Waals surface area contributed by atoms with Crippen LogP contribution in [0.1, 0.15) is 16.1 Å². The molecule has 0 aliphatic rings. The van der Waals surface area contributed by atoms with Gasteiger partial charge >= 0.3 is 5.97 Å². The molecule has 0 atom stereocenters. The molecule has 0 spiro atoms. The molecule has 2 aromatic rings. The van der Waals surface area contributed by atoms with Crippen LogP contribution >= 0.6 is 15.9 Å². The fourth-order valence-electron chi connectivity index (χ4n) is 1.59. The highest BCUT2D eigenvalue weighted by Gasteiger charge is 2.09. The lowest BCUT2D eigenvalue weighted by Crippen LogP contribution is -2.23. The number of benzene rings is 1. The Balaban J connectivity index is 1.95. The molecule has 9 heteroatoms. The minimum Gasteiger partial charge on any atom is -0.480 e. The number of anilines is 1. The van der Waals surface area contributed by atoms with Crippen LogP contribution in [0.3, 0.4) is 0 Å². The van der Waals surface area contributed by atoms with E-state index in [4.69, 9.17) is 10.8 Å². The molecule has 1 aromatic heterocycles. The number of carboxylic acids is 1. The van der Waals surface area contributed by atoms with E-state index in [-0.39, 0.29) is 19.0 Å². The summed E-state index contributed by atoms with van der Waals surface area (Å²) in [7, 11) is 0. The first-order valence-electron chi connectivity index (χ1n) is 5.89. The van der Waals surface area contributed by atoms with Crippen LogP contribution in [0.2, 0.25) is 0 Å². The van der Waals surface area contributed by atoms with Crippen LogP contribution in [0, 0.1) is 0 Å². The number of hydrogen-bond acceptors (Lipinski definition) is 5. The summed E-state index contributed by atoms with van der Waals surface area (Å²) in [5.41, 5.74) is 7.07. The first-order valence-corrected chi connectivity index (χ1v) is 6.69. The molecule has 1 aromatic carbocycles. The van der Waals surface area contributed by atoms with Gasteiger partial charge in [0.15, 0.2) is 0 Å². The van der Waals surface area contributed by atoms with E-state index in [1.165, 1.54) is 10.9 Å². The average Bonchev–Trinajstić information content (AvgIpc) is 2.86. The van der Waals surface area contributed by atoms with E-state index >= 15 is 0 Å². The van der Waals surface area contributed by atoms with E-state index in [2.05, 4.69) is 31.6 Å². The van der Waals surface area contributed by atoms with Gasteiger partial charge in [-0.25, -0.2) is 4.68 Å². The highest BCUT2D eigenvalue weighted by atomic mass is 79.9. The number of nitrogens with one attached hydrogen (secondary N) is 1. The lowest BCUT2D eigenvalue weighted by Gasteiger charge is -2.05. The van der Waals surface area contributed by atoms with Crippen molar-refractivity contribution in [2.45, 2.75) is 13.1 Å². The van der Waals surface area contributed by atoms with Crippen molar-refractivity contribution in [1.29, 1.82) is 0 Å². The largest absolute Gasteiger partial charge is 0.480 e. The van der Waals surface area contributed by atoms with Gasteiger partial charge in [0.1, 0.15) is 12.2 Å². The average molecular weight is 354 g/mol. The van der Waals surface area contributed by atoms with E-state index in [1.807, 2.05) is 0 Å². The predicted octanol–water partition coefficient (Wildman–Crippen LogP) is 0.637. The van der Waals surface area contributed by atoms with Crippen molar-refractivity contribution >= 4 is 33.5 Å². The summed E-state index contributed by atoms with van der Waals surface area (Å²) in [6.07, 6.45) is 1.46. The van der Waals surface area contributed by atoms with Gasteiger partial charge in [0, 0.05) is 15.7 Å². The summed E-state index contributed by atoms with van der Waals surface area (Å²) < 4.78 is 1.90. The van der Waals surface area contributed by atoms with Gasteiger partial charge in [-0.3, -0.25) is 9.59 Å². The van der Waals surface area contributed by atoms with Crippen LogP contribution in [0.25, 0.3) is 0 Å². The van der Waals surface area contributed by atoms with Crippen LogP contribution in [0.15, 0.2) is 28.9 Å². The standard InChI is InChI=1S/C12H12BrN5O3/c13-9-2-1-7(3-10(9)14)12(21)15-4-8-5-18(17-16-8)6-11(19)20/h1-3,5H,4,6,14H2,(H,15,21)(H,19,20). The molecule has 21 heavy (non-hydrogen) atoms. The fourth-order valence-corrected chi connectivity index (χ4v) is 1.84. The third kappa shape index (κ3) is 4.02. The van der Waals surface area contributed by atoms with Crippen molar-refractivity contribution in [3.63, 3.8) is 0 Å². The molecule has 110 valence electrons. The Hall–Kier alpha value is -2.42. The van der Waals surface area contributed by atoms with Crippen molar-refractivity contribution in [2.24, 2.45) is 0 Å². The molecule has 0 saturated heterocycles. The number of aromatic nitrogens is 3. The lowest BCUT2D eigenvalue weighted by molar-refractivity contribution is -0.137. The Labute approximate surface area is 128 Å². The molecule has 8 nitrogen and oxygen atoms in total. The third-order valence-electron chi connectivity index (χ3n) is 2.57. The highest BCUT2D eigenvalue weighted by molar-refractivity contribution is 9.10. The molecule has 0 bridgehead atoms. The molecule has 0 fully saturated rings. The number of nitrogens with zero attached hydrogens (tertiary/aromatic N) is 3. The van der Waals surface area contributed by atoms with Gasteiger partial charge in [-0.1, -0.05) is 5.21 Å². The summed E-state index contributed by atoms with van der Waals surface area (Å²) in [6.45, 7) is -0.126. The number of carbonyl (C=O) groups is 2.